The lowest BCUT2D eigenvalue weighted by Crippen LogP contribution is -2.14. The van der Waals surface area contributed by atoms with Gasteiger partial charge in [0.05, 0.1) is 22.4 Å². The summed E-state index contributed by atoms with van der Waals surface area (Å²) >= 11 is 1.30. The predicted molar refractivity (Wildman–Crippen MR) is 92.4 cm³/mol. The number of anilines is 1. The number of hydrogen-bond acceptors (Lipinski definition) is 5. The topological polar surface area (TPSA) is 89.5 Å². The lowest BCUT2D eigenvalue weighted by Gasteiger charge is -2.06. The number of amides is 1. The number of benzene rings is 1. The molecule has 0 saturated carbocycles. The molecule has 3 rings (SSSR count). The van der Waals surface area contributed by atoms with Crippen LogP contribution in [0, 0.1) is 17.0 Å². The number of nitrogens with zero attached hydrogens (tertiary/aromatic N) is 3. The number of aryl methyl sites for hydroxylation is 1. The number of carbonyl (C=O) groups excluding carboxylic acids is 1. The van der Waals surface area contributed by atoms with Crippen molar-refractivity contribution in [3.05, 3.63) is 64.5 Å². The number of hydrogen-bond donors (Lipinski definition) is 1. The van der Waals surface area contributed by atoms with E-state index in [0.717, 1.165) is 10.7 Å². The summed E-state index contributed by atoms with van der Waals surface area (Å²) in [5.74, 6) is -0.0822. The van der Waals surface area contributed by atoms with Crippen molar-refractivity contribution in [2.75, 3.05) is 11.1 Å². The van der Waals surface area contributed by atoms with Crippen molar-refractivity contribution in [3.8, 4) is 0 Å². The van der Waals surface area contributed by atoms with Crippen LogP contribution in [0.2, 0.25) is 0 Å². The Morgan fingerprint density at radius 1 is 1.38 bits per heavy atom. The maximum atomic E-state index is 12.1. The molecule has 0 saturated heterocycles. The van der Waals surface area contributed by atoms with Gasteiger partial charge in [-0.05, 0) is 25.1 Å². The van der Waals surface area contributed by atoms with Gasteiger partial charge in [0.2, 0.25) is 5.91 Å². The van der Waals surface area contributed by atoms with Crippen molar-refractivity contribution in [3.63, 3.8) is 0 Å². The highest BCUT2D eigenvalue weighted by atomic mass is 32.2. The number of pyridine rings is 1. The van der Waals surface area contributed by atoms with E-state index in [0.29, 0.717) is 11.3 Å². The predicted octanol–water partition coefficient (Wildman–Crippen LogP) is 3.28. The van der Waals surface area contributed by atoms with E-state index in [2.05, 4.69) is 10.3 Å². The zero-order chi connectivity index (χ0) is 17.1. The van der Waals surface area contributed by atoms with Gasteiger partial charge in [0, 0.05) is 23.5 Å². The number of nitro benzene ring substituents is 1. The molecule has 1 N–H and O–H groups in total. The van der Waals surface area contributed by atoms with Crippen LogP contribution in [-0.4, -0.2) is 26.0 Å². The van der Waals surface area contributed by atoms with Gasteiger partial charge < -0.3 is 5.32 Å². The molecule has 8 heteroatoms. The summed E-state index contributed by atoms with van der Waals surface area (Å²) in [5.41, 5.74) is 1.90. The van der Waals surface area contributed by atoms with Crippen LogP contribution in [0.3, 0.4) is 0 Å². The van der Waals surface area contributed by atoms with E-state index in [4.69, 9.17) is 0 Å². The van der Waals surface area contributed by atoms with Gasteiger partial charge in [-0.3, -0.25) is 19.3 Å². The van der Waals surface area contributed by atoms with Gasteiger partial charge in [0.25, 0.3) is 5.69 Å². The van der Waals surface area contributed by atoms with Crippen molar-refractivity contribution < 1.29 is 9.72 Å². The molecule has 0 unspecified atom stereocenters. The third-order valence-corrected chi connectivity index (χ3v) is 4.39. The minimum atomic E-state index is -0.462. The molecular weight excluding hydrogens is 328 g/mol. The average Bonchev–Trinajstić information content (AvgIpc) is 2.98. The molecule has 24 heavy (non-hydrogen) atoms. The smallest absolute Gasteiger partial charge is 0.274 e. The molecule has 122 valence electrons. The molecule has 1 amide bonds. The molecule has 0 aliphatic carbocycles. The Labute approximate surface area is 141 Å². The maximum Gasteiger partial charge on any atom is 0.274 e. The molecule has 0 aliphatic heterocycles. The third-order valence-electron chi connectivity index (χ3n) is 3.43. The lowest BCUT2D eigenvalue weighted by molar-refractivity contribution is -0.385. The first-order valence-corrected chi connectivity index (χ1v) is 8.13. The molecule has 0 atom stereocenters. The standard InChI is InChI=1S/C16H14N4O3S/c1-11-5-6-12(8-14(11)20(22)23)18-15(21)10-24-16-17-9-13-4-2-3-7-19(13)16/h2-9H,10H2,1H3,(H,18,21). The summed E-state index contributed by atoms with van der Waals surface area (Å²) in [4.78, 5) is 26.8. The van der Waals surface area contributed by atoms with Crippen LogP contribution in [0.5, 0.6) is 0 Å². The monoisotopic (exact) mass is 342 g/mol. The second-order valence-corrected chi connectivity index (χ2v) is 6.07. The summed E-state index contributed by atoms with van der Waals surface area (Å²) in [7, 11) is 0. The Bertz CT molecular complexity index is 923. The van der Waals surface area contributed by atoms with E-state index < -0.39 is 4.92 Å². The van der Waals surface area contributed by atoms with Crippen molar-refractivity contribution in [2.45, 2.75) is 12.1 Å². The third kappa shape index (κ3) is 3.38. The molecule has 0 bridgehead atoms. The first-order valence-electron chi connectivity index (χ1n) is 7.14. The molecule has 0 aliphatic rings. The van der Waals surface area contributed by atoms with Crippen LogP contribution < -0.4 is 5.32 Å². The van der Waals surface area contributed by atoms with E-state index in [-0.39, 0.29) is 17.3 Å². The Hall–Kier alpha value is -2.87. The molecule has 2 aromatic heterocycles. The minimum Gasteiger partial charge on any atom is -0.325 e. The Morgan fingerprint density at radius 2 is 2.21 bits per heavy atom. The highest BCUT2D eigenvalue weighted by Crippen LogP contribution is 2.23. The number of fused-ring (bicyclic) bond motifs is 1. The van der Waals surface area contributed by atoms with Crippen LogP contribution >= 0.6 is 11.8 Å². The lowest BCUT2D eigenvalue weighted by atomic mass is 10.2. The van der Waals surface area contributed by atoms with E-state index in [1.807, 2.05) is 28.8 Å². The highest BCUT2D eigenvalue weighted by molar-refractivity contribution is 7.99. The largest absolute Gasteiger partial charge is 0.325 e. The summed E-state index contributed by atoms with van der Waals surface area (Å²) in [5, 5.41) is 14.3. The van der Waals surface area contributed by atoms with Crippen LogP contribution in [0.15, 0.2) is 53.9 Å². The van der Waals surface area contributed by atoms with Crippen LogP contribution in [-0.2, 0) is 4.79 Å². The summed E-state index contributed by atoms with van der Waals surface area (Å²) in [6.45, 7) is 1.66. The number of thioether (sulfide) groups is 1. The Balaban J connectivity index is 1.66. The number of carbonyl (C=O) groups is 1. The van der Waals surface area contributed by atoms with E-state index in [1.165, 1.54) is 17.8 Å². The molecule has 1 aromatic carbocycles. The van der Waals surface area contributed by atoms with Crippen molar-refractivity contribution in [1.82, 2.24) is 9.38 Å². The number of imidazole rings is 1. The molecule has 0 fully saturated rings. The molecule has 2 heterocycles. The highest BCUT2D eigenvalue weighted by Gasteiger charge is 2.13. The first kappa shape index (κ1) is 16.0. The Kier molecular flexibility index (Phi) is 4.48. The van der Waals surface area contributed by atoms with Crippen LogP contribution in [0.1, 0.15) is 5.56 Å². The van der Waals surface area contributed by atoms with Crippen LogP contribution in [0.4, 0.5) is 11.4 Å². The average molecular weight is 342 g/mol. The molecule has 3 aromatic rings. The van der Waals surface area contributed by atoms with Crippen LogP contribution in [0.25, 0.3) is 5.52 Å². The van der Waals surface area contributed by atoms with Gasteiger partial charge in [-0.25, -0.2) is 4.98 Å². The van der Waals surface area contributed by atoms with E-state index in [1.54, 1.807) is 25.3 Å². The molecule has 7 nitrogen and oxygen atoms in total. The van der Waals surface area contributed by atoms with Gasteiger partial charge in [-0.15, -0.1) is 0 Å². The number of aromatic nitrogens is 2. The number of rotatable bonds is 5. The molecule has 0 radical (unpaired) electrons. The van der Waals surface area contributed by atoms with Gasteiger partial charge >= 0.3 is 0 Å². The summed E-state index contributed by atoms with van der Waals surface area (Å²) in [6.07, 6.45) is 3.62. The van der Waals surface area contributed by atoms with Gasteiger partial charge in [-0.1, -0.05) is 23.9 Å². The summed E-state index contributed by atoms with van der Waals surface area (Å²) in [6, 6.07) is 10.4. The van der Waals surface area contributed by atoms with Gasteiger partial charge in [0.1, 0.15) is 0 Å². The van der Waals surface area contributed by atoms with Crippen molar-refractivity contribution in [1.29, 1.82) is 0 Å². The maximum absolute atomic E-state index is 12.1. The number of nitro groups is 1. The molecular formula is C16H14N4O3S. The quantitative estimate of drug-likeness (QED) is 0.436. The van der Waals surface area contributed by atoms with E-state index >= 15 is 0 Å². The normalized spacial score (nSPS) is 10.7. The fourth-order valence-corrected chi connectivity index (χ4v) is 3.00. The second kappa shape index (κ2) is 6.71. The zero-order valence-electron chi connectivity index (χ0n) is 12.8. The zero-order valence-corrected chi connectivity index (χ0v) is 13.6. The molecule has 0 spiro atoms. The van der Waals surface area contributed by atoms with Gasteiger partial charge in [-0.2, -0.15) is 0 Å². The summed E-state index contributed by atoms with van der Waals surface area (Å²) < 4.78 is 1.90. The SMILES string of the molecule is Cc1ccc(NC(=O)CSc2ncc3ccccn23)cc1[N+](=O)[O-]. The number of nitrogens with one attached hydrogen (secondary N) is 1. The fraction of sp³-hybridized carbons (Fsp3) is 0.125. The second-order valence-electron chi connectivity index (χ2n) is 5.13. The van der Waals surface area contributed by atoms with Gasteiger partial charge in [0.15, 0.2) is 5.16 Å². The Morgan fingerprint density at radius 3 is 3.00 bits per heavy atom. The van der Waals surface area contributed by atoms with Crippen molar-refractivity contribution >= 4 is 34.6 Å². The minimum absolute atomic E-state index is 0.0142. The van der Waals surface area contributed by atoms with E-state index in [9.17, 15) is 14.9 Å². The van der Waals surface area contributed by atoms with Crippen molar-refractivity contribution in [2.24, 2.45) is 0 Å². The fourth-order valence-electron chi connectivity index (χ4n) is 2.24. The first-order chi connectivity index (χ1) is 11.5.